The van der Waals surface area contributed by atoms with Crippen molar-refractivity contribution < 1.29 is 14.3 Å². The highest BCUT2D eigenvalue weighted by Crippen LogP contribution is 2.18. The Morgan fingerprint density at radius 2 is 2.24 bits per heavy atom. The highest BCUT2D eigenvalue weighted by molar-refractivity contribution is 5.79. The summed E-state index contributed by atoms with van der Waals surface area (Å²) in [5.41, 5.74) is 0.842. The van der Waals surface area contributed by atoms with Gasteiger partial charge in [-0.15, -0.1) is 0 Å². The van der Waals surface area contributed by atoms with Gasteiger partial charge in [0.05, 0.1) is 12.1 Å². The van der Waals surface area contributed by atoms with Crippen LogP contribution in [0.15, 0.2) is 36.5 Å². The minimum absolute atomic E-state index is 0.0772. The predicted molar refractivity (Wildman–Crippen MR) is 63.9 cm³/mol. The second-order valence-corrected chi connectivity index (χ2v) is 3.45. The van der Waals surface area contributed by atoms with Crippen LogP contribution in [0.5, 0.6) is 5.75 Å². The minimum atomic E-state index is -0.367. The second kappa shape index (κ2) is 5.30. The van der Waals surface area contributed by atoms with Crippen LogP contribution >= 0.6 is 0 Å². The summed E-state index contributed by atoms with van der Waals surface area (Å²) in [5, 5.41) is 1.04. The van der Waals surface area contributed by atoms with Crippen molar-refractivity contribution in [2.45, 2.75) is 6.92 Å². The second-order valence-electron chi connectivity index (χ2n) is 3.45. The van der Waals surface area contributed by atoms with E-state index in [9.17, 15) is 4.79 Å². The smallest absolute Gasteiger partial charge is 0.344 e. The average Bonchev–Trinajstić information content (AvgIpc) is 2.36. The number of carbonyl (C=O) groups is 1. The van der Waals surface area contributed by atoms with Gasteiger partial charge in [-0.3, -0.25) is 4.98 Å². The van der Waals surface area contributed by atoms with E-state index in [0.29, 0.717) is 12.4 Å². The minimum Gasteiger partial charge on any atom is -0.482 e. The lowest BCUT2D eigenvalue weighted by molar-refractivity contribution is -0.145. The molecule has 0 fully saturated rings. The zero-order valence-corrected chi connectivity index (χ0v) is 9.55. The van der Waals surface area contributed by atoms with Crippen molar-refractivity contribution >= 4 is 16.9 Å². The van der Waals surface area contributed by atoms with Crippen molar-refractivity contribution in [3.63, 3.8) is 0 Å². The Balaban J connectivity index is 2.06. The van der Waals surface area contributed by atoms with Crippen LogP contribution in [-0.4, -0.2) is 24.2 Å². The average molecular weight is 231 g/mol. The van der Waals surface area contributed by atoms with E-state index >= 15 is 0 Å². The summed E-state index contributed by atoms with van der Waals surface area (Å²) in [6.07, 6.45) is 1.72. The van der Waals surface area contributed by atoms with E-state index in [2.05, 4.69) is 4.98 Å². The van der Waals surface area contributed by atoms with Gasteiger partial charge in [0, 0.05) is 17.6 Å². The molecule has 0 unspecified atom stereocenters. The van der Waals surface area contributed by atoms with Gasteiger partial charge in [0.25, 0.3) is 0 Å². The van der Waals surface area contributed by atoms with E-state index < -0.39 is 0 Å². The fourth-order valence-electron chi connectivity index (χ4n) is 1.48. The molecule has 4 heteroatoms. The molecule has 2 aromatic rings. The molecule has 0 saturated carbocycles. The predicted octanol–water partition coefficient (Wildman–Crippen LogP) is 2.18. The molecule has 0 bridgehead atoms. The van der Waals surface area contributed by atoms with Crippen LogP contribution in [0.25, 0.3) is 10.9 Å². The van der Waals surface area contributed by atoms with Gasteiger partial charge in [0.15, 0.2) is 6.61 Å². The molecular weight excluding hydrogens is 218 g/mol. The fourth-order valence-corrected chi connectivity index (χ4v) is 1.48. The summed E-state index contributed by atoms with van der Waals surface area (Å²) in [4.78, 5) is 15.3. The molecule has 2 rings (SSSR count). The quantitative estimate of drug-likeness (QED) is 0.757. The first-order chi connectivity index (χ1) is 8.29. The highest BCUT2D eigenvalue weighted by atomic mass is 16.6. The van der Waals surface area contributed by atoms with Gasteiger partial charge in [0.2, 0.25) is 0 Å². The van der Waals surface area contributed by atoms with Crippen molar-refractivity contribution in [2.75, 3.05) is 13.2 Å². The van der Waals surface area contributed by atoms with Crippen molar-refractivity contribution in [1.29, 1.82) is 0 Å². The number of nitrogens with zero attached hydrogens (tertiary/aromatic N) is 1. The van der Waals surface area contributed by atoms with Gasteiger partial charge < -0.3 is 9.47 Å². The number of ether oxygens (including phenoxy) is 2. The van der Waals surface area contributed by atoms with Gasteiger partial charge in [-0.2, -0.15) is 0 Å². The number of aromatic nitrogens is 1. The molecule has 0 N–H and O–H groups in total. The van der Waals surface area contributed by atoms with E-state index in [0.717, 1.165) is 10.9 Å². The molecule has 0 saturated heterocycles. The maximum Gasteiger partial charge on any atom is 0.344 e. The largest absolute Gasteiger partial charge is 0.482 e. The number of benzene rings is 1. The van der Waals surface area contributed by atoms with Gasteiger partial charge in [-0.05, 0) is 25.1 Å². The van der Waals surface area contributed by atoms with E-state index in [1.165, 1.54) is 0 Å². The summed E-state index contributed by atoms with van der Waals surface area (Å²) >= 11 is 0. The van der Waals surface area contributed by atoms with Crippen LogP contribution in [0.1, 0.15) is 6.92 Å². The summed E-state index contributed by atoms with van der Waals surface area (Å²) in [6, 6.07) is 9.36. The maximum absolute atomic E-state index is 11.1. The molecule has 0 aliphatic heterocycles. The van der Waals surface area contributed by atoms with Crippen LogP contribution in [0.2, 0.25) is 0 Å². The van der Waals surface area contributed by atoms with Crippen molar-refractivity contribution in [1.82, 2.24) is 4.98 Å². The first-order valence-electron chi connectivity index (χ1n) is 5.43. The normalized spacial score (nSPS) is 10.2. The van der Waals surface area contributed by atoms with Gasteiger partial charge in [-0.1, -0.05) is 6.07 Å². The Bertz CT molecular complexity index is 525. The monoisotopic (exact) mass is 231 g/mol. The van der Waals surface area contributed by atoms with Crippen LogP contribution in [0, 0.1) is 0 Å². The van der Waals surface area contributed by atoms with Crippen LogP contribution in [-0.2, 0) is 9.53 Å². The summed E-state index contributed by atoms with van der Waals surface area (Å²) in [7, 11) is 0. The number of hydrogen-bond donors (Lipinski definition) is 0. The molecule has 1 aromatic heterocycles. The maximum atomic E-state index is 11.1. The van der Waals surface area contributed by atoms with Crippen LogP contribution in [0.4, 0.5) is 0 Å². The summed E-state index contributed by atoms with van der Waals surface area (Å²) in [6.45, 7) is 2.05. The molecule has 1 aromatic carbocycles. The first kappa shape index (κ1) is 11.4. The number of pyridine rings is 1. The molecular formula is C13H13NO3. The number of rotatable bonds is 4. The van der Waals surface area contributed by atoms with Crippen molar-refractivity contribution in [3.05, 3.63) is 36.5 Å². The zero-order valence-electron chi connectivity index (χ0n) is 9.55. The lowest BCUT2D eigenvalue weighted by Gasteiger charge is -2.06. The molecule has 0 amide bonds. The van der Waals surface area contributed by atoms with Gasteiger partial charge >= 0.3 is 5.97 Å². The number of esters is 1. The number of fused-ring (bicyclic) bond motifs is 1. The summed E-state index contributed by atoms with van der Waals surface area (Å²) in [5.74, 6) is 0.248. The Morgan fingerprint density at radius 3 is 3.06 bits per heavy atom. The van der Waals surface area contributed by atoms with Crippen LogP contribution < -0.4 is 4.74 Å². The Kier molecular flexibility index (Phi) is 3.55. The zero-order chi connectivity index (χ0) is 12.1. The fraction of sp³-hybridized carbons (Fsp3) is 0.231. The SMILES string of the molecule is CCOC(=O)COc1ccc2cccnc2c1. The molecule has 0 spiro atoms. The standard InChI is InChI=1S/C13H13NO3/c1-2-16-13(15)9-17-11-6-5-10-4-3-7-14-12(10)8-11/h3-8H,2,9H2,1H3. The molecule has 0 aliphatic carbocycles. The van der Waals surface area contributed by atoms with Crippen molar-refractivity contribution in [2.24, 2.45) is 0 Å². The highest BCUT2D eigenvalue weighted by Gasteiger charge is 2.03. The van der Waals surface area contributed by atoms with E-state index in [1.807, 2.05) is 24.3 Å². The Labute approximate surface area is 99.2 Å². The third-order valence-electron chi connectivity index (χ3n) is 2.24. The van der Waals surface area contributed by atoms with Crippen molar-refractivity contribution in [3.8, 4) is 5.75 Å². The van der Waals surface area contributed by atoms with E-state index in [-0.39, 0.29) is 12.6 Å². The topological polar surface area (TPSA) is 48.4 Å². The molecule has 1 heterocycles. The number of carbonyl (C=O) groups excluding carboxylic acids is 1. The molecule has 0 atom stereocenters. The summed E-state index contributed by atoms with van der Waals surface area (Å²) < 4.78 is 10.1. The van der Waals surface area contributed by atoms with Gasteiger partial charge in [-0.25, -0.2) is 4.79 Å². The molecule has 4 nitrogen and oxygen atoms in total. The third kappa shape index (κ3) is 2.93. The lowest BCUT2D eigenvalue weighted by Crippen LogP contribution is -2.14. The number of hydrogen-bond acceptors (Lipinski definition) is 4. The first-order valence-corrected chi connectivity index (χ1v) is 5.43. The molecule has 17 heavy (non-hydrogen) atoms. The molecule has 0 aliphatic rings. The Hall–Kier alpha value is -2.10. The molecule has 88 valence electrons. The van der Waals surface area contributed by atoms with E-state index in [4.69, 9.17) is 9.47 Å². The Morgan fingerprint density at radius 1 is 1.35 bits per heavy atom. The van der Waals surface area contributed by atoms with Crippen LogP contribution in [0.3, 0.4) is 0 Å². The third-order valence-corrected chi connectivity index (χ3v) is 2.24. The van der Waals surface area contributed by atoms with Gasteiger partial charge in [0.1, 0.15) is 5.75 Å². The molecule has 0 radical (unpaired) electrons. The lowest BCUT2D eigenvalue weighted by atomic mass is 10.2. The van der Waals surface area contributed by atoms with E-state index in [1.54, 1.807) is 19.2 Å².